The van der Waals surface area contributed by atoms with E-state index in [2.05, 4.69) is 10.6 Å². The lowest BCUT2D eigenvalue weighted by molar-refractivity contribution is -0.131. The van der Waals surface area contributed by atoms with Crippen molar-refractivity contribution >= 4 is 23.9 Å². The van der Waals surface area contributed by atoms with E-state index in [1.54, 1.807) is 27.7 Å². The van der Waals surface area contributed by atoms with Crippen molar-refractivity contribution in [1.82, 2.24) is 20.4 Å². The minimum atomic E-state index is -0.826. The highest BCUT2D eigenvalue weighted by Gasteiger charge is 2.44. The summed E-state index contributed by atoms with van der Waals surface area (Å²) < 4.78 is 0. The van der Waals surface area contributed by atoms with Crippen molar-refractivity contribution in [3.05, 3.63) is 0 Å². The first-order valence-corrected chi connectivity index (χ1v) is 8.34. The molecule has 0 aromatic heterocycles. The van der Waals surface area contributed by atoms with E-state index in [1.807, 2.05) is 0 Å². The Kier molecular flexibility index (Phi) is 4.87. The molecule has 0 radical (unpaired) electrons. The number of imide groups is 2. The molecular formula is C16H26N4O4. The third-order valence-corrected chi connectivity index (χ3v) is 4.40. The molecule has 2 heterocycles. The zero-order valence-electron chi connectivity index (χ0n) is 14.8. The molecule has 0 saturated carbocycles. The van der Waals surface area contributed by atoms with Crippen molar-refractivity contribution < 1.29 is 19.2 Å². The zero-order valence-corrected chi connectivity index (χ0v) is 14.8. The summed E-state index contributed by atoms with van der Waals surface area (Å²) in [6.45, 7) is 7.54. The molecule has 24 heavy (non-hydrogen) atoms. The van der Waals surface area contributed by atoms with E-state index in [-0.39, 0.29) is 23.9 Å². The molecule has 8 heteroatoms. The van der Waals surface area contributed by atoms with Crippen LogP contribution < -0.4 is 10.6 Å². The quantitative estimate of drug-likeness (QED) is 0.538. The molecule has 8 nitrogen and oxygen atoms in total. The van der Waals surface area contributed by atoms with Crippen LogP contribution in [-0.4, -0.2) is 57.8 Å². The number of nitrogens with zero attached hydrogens (tertiary/aromatic N) is 2. The fourth-order valence-electron chi connectivity index (χ4n) is 2.94. The Bertz CT molecular complexity index is 520. The van der Waals surface area contributed by atoms with Gasteiger partial charge < -0.3 is 10.6 Å². The van der Waals surface area contributed by atoms with Crippen molar-refractivity contribution in [2.75, 3.05) is 13.1 Å². The first kappa shape index (κ1) is 18.2. The summed E-state index contributed by atoms with van der Waals surface area (Å²) >= 11 is 0. The smallest absolute Gasteiger partial charge is 0.324 e. The van der Waals surface area contributed by atoms with E-state index in [9.17, 15) is 19.2 Å². The van der Waals surface area contributed by atoms with Gasteiger partial charge in [0.05, 0.1) is 0 Å². The Hall–Kier alpha value is -2.12. The second-order valence-corrected chi connectivity index (χ2v) is 7.44. The molecule has 2 aliphatic heterocycles. The van der Waals surface area contributed by atoms with Crippen LogP contribution in [0.2, 0.25) is 0 Å². The molecule has 0 unspecified atom stereocenters. The maximum absolute atomic E-state index is 12.0. The van der Waals surface area contributed by atoms with Crippen LogP contribution in [-0.2, 0) is 9.59 Å². The Labute approximate surface area is 141 Å². The molecule has 0 aromatic carbocycles. The monoisotopic (exact) mass is 338 g/mol. The van der Waals surface area contributed by atoms with Gasteiger partial charge in [0.15, 0.2) is 0 Å². The van der Waals surface area contributed by atoms with Crippen molar-refractivity contribution in [1.29, 1.82) is 0 Å². The molecule has 2 aliphatic rings. The van der Waals surface area contributed by atoms with E-state index in [4.69, 9.17) is 0 Å². The molecule has 0 aromatic rings. The molecule has 2 fully saturated rings. The predicted molar refractivity (Wildman–Crippen MR) is 87.1 cm³/mol. The molecule has 0 atom stereocenters. The van der Waals surface area contributed by atoms with Crippen LogP contribution in [0.1, 0.15) is 53.4 Å². The van der Waals surface area contributed by atoms with Gasteiger partial charge in [-0.1, -0.05) is 12.8 Å². The Morgan fingerprint density at radius 3 is 1.25 bits per heavy atom. The number of carbonyl (C=O) groups excluding carboxylic acids is 4. The average Bonchev–Trinajstić information content (AvgIpc) is 2.77. The normalized spacial score (nSPS) is 22.2. The highest BCUT2D eigenvalue weighted by molar-refractivity contribution is 6.07. The van der Waals surface area contributed by atoms with E-state index in [1.165, 1.54) is 9.80 Å². The predicted octanol–water partition coefficient (Wildman–Crippen LogP) is 1.21. The third-order valence-electron chi connectivity index (χ3n) is 4.40. The summed E-state index contributed by atoms with van der Waals surface area (Å²) in [6, 6.07) is -0.682. The Balaban J connectivity index is 1.66. The minimum absolute atomic E-state index is 0.200. The molecule has 0 bridgehead atoms. The van der Waals surface area contributed by atoms with Gasteiger partial charge in [0.2, 0.25) is 0 Å². The van der Waals surface area contributed by atoms with Gasteiger partial charge in [-0.05, 0) is 40.5 Å². The van der Waals surface area contributed by atoms with Gasteiger partial charge in [0.1, 0.15) is 11.1 Å². The van der Waals surface area contributed by atoms with E-state index >= 15 is 0 Å². The van der Waals surface area contributed by atoms with Crippen molar-refractivity contribution in [2.24, 2.45) is 0 Å². The number of hydrogen-bond acceptors (Lipinski definition) is 4. The Morgan fingerprint density at radius 2 is 1.00 bits per heavy atom. The number of rotatable bonds is 7. The minimum Gasteiger partial charge on any atom is -0.324 e. The van der Waals surface area contributed by atoms with Crippen LogP contribution in [0.25, 0.3) is 0 Å². The van der Waals surface area contributed by atoms with Gasteiger partial charge in [-0.3, -0.25) is 19.4 Å². The van der Waals surface area contributed by atoms with Gasteiger partial charge in [0.25, 0.3) is 11.8 Å². The topological polar surface area (TPSA) is 98.8 Å². The lowest BCUT2D eigenvalue weighted by Crippen LogP contribution is -2.40. The zero-order chi connectivity index (χ0) is 18.1. The van der Waals surface area contributed by atoms with Crippen molar-refractivity contribution in [2.45, 2.75) is 64.5 Å². The summed E-state index contributed by atoms with van der Waals surface area (Å²) in [4.78, 5) is 50.0. The number of nitrogens with one attached hydrogen (secondary N) is 2. The second kappa shape index (κ2) is 6.41. The van der Waals surface area contributed by atoms with E-state index < -0.39 is 11.1 Å². The molecule has 0 spiro atoms. The maximum atomic E-state index is 12.0. The molecule has 2 rings (SSSR count). The molecule has 2 N–H and O–H groups in total. The fraction of sp³-hybridized carbons (Fsp3) is 0.750. The molecule has 2 saturated heterocycles. The summed E-state index contributed by atoms with van der Waals surface area (Å²) in [5, 5.41) is 5.30. The first-order valence-electron chi connectivity index (χ1n) is 8.34. The lowest BCUT2D eigenvalue weighted by atomic mass is 10.1. The van der Waals surface area contributed by atoms with Gasteiger partial charge in [-0.25, -0.2) is 9.59 Å². The lowest BCUT2D eigenvalue weighted by Gasteiger charge is -2.16. The molecule has 6 amide bonds. The standard InChI is InChI=1S/C16H26N4O4/c1-15(2)11(21)19(13(23)17-15)9-7-5-6-8-10-20-12(22)16(3,4)18-14(20)24/h5-10H2,1-4H3,(H,17,23)(H,18,24). The van der Waals surface area contributed by atoms with Gasteiger partial charge in [-0.15, -0.1) is 0 Å². The van der Waals surface area contributed by atoms with E-state index in [0.29, 0.717) is 25.9 Å². The average molecular weight is 338 g/mol. The highest BCUT2D eigenvalue weighted by atomic mass is 16.2. The van der Waals surface area contributed by atoms with Gasteiger partial charge in [0, 0.05) is 13.1 Å². The van der Waals surface area contributed by atoms with Crippen LogP contribution in [0.4, 0.5) is 9.59 Å². The molecule has 134 valence electrons. The fourth-order valence-corrected chi connectivity index (χ4v) is 2.94. The van der Waals surface area contributed by atoms with Crippen molar-refractivity contribution in [3.8, 4) is 0 Å². The van der Waals surface area contributed by atoms with Crippen LogP contribution in [0.3, 0.4) is 0 Å². The van der Waals surface area contributed by atoms with Crippen LogP contribution in [0.15, 0.2) is 0 Å². The number of amides is 6. The maximum Gasteiger partial charge on any atom is 0.325 e. The molecule has 0 aliphatic carbocycles. The first-order chi connectivity index (χ1) is 11.1. The molecular weight excluding hydrogens is 312 g/mol. The number of hydrogen-bond donors (Lipinski definition) is 2. The largest absolute Gasteiger partial charge is 0.325 e. The van der Waals surface area contributed by atoms with E-state index in [0.717, 1.165) is 12.8 Å². The third kappa shape index (κ3) is 3.52. The Morgan fingerprint density at radius 1 is 0.667 bits per heavy atom. The number of unbranched alkanes of at least 4 members (excludes halogenated alkanes) is 3. The van der Waals surface area contributed by atoms with Crippen LogP contribution >= 0.6 is 0 Å². The SMILES string of the molecule is CC1(C)NC(=O)N(CCCCCCN2C(=O)NC(C)(C)C2=O)C1=O. The summed E-state index contributed by atoms with van der Waals surface area (Å²) in [6.07, 6.45) is 3.07. The summed E-state index contributed by atoms with van der Waals surface area (Å²) in [7, 11) is 0. The van der Waals surface area contributed by atoms with Crippen molar-refractivity contribution in [3.63, 3.8) is 0 Å². The van der Waals surface area contributed by atoms with Gasteiger partial charge in [-0.2, -0.15) is 0 Å². The van der Waals surface area contributed by atoms with Crippen LogP contribution in [0.5, 0.6) is 0 Å². The summed E-state index contributed by atoms with van der Waals surface area (Å²) in [5.41, 5.74) is -1.65. The van der Waals surface area contributed by atoms with Gasteiger partial charge >= 0.3 is 12.1 Å². The highest BCUT2D eigenvalue weighted by Crippen LogP contribution is 2.19. The second-order valence-electron chi connectivity index (χ2n) is 7.44. The summed E-state index contributed by atoms with van der Waals surface area (Å²) in [5.74, 6) is -0.400. The number of carbonyl (C=O) groups is 4. The number of urea groups is 2. The van der Waals surface area contributed by atoms with Crippen LogP contribution in [0, 0.1) is 0 Å².